The smallest absolute Gasteiger partial charge is 0.376 e. The molecule has 4 heterocycles. The van der Waals surface area contributed by atoms with E-state index in [1.165, 1.54) is 30.0 Å². The van der Waals surface area contributed by atoms with Crippen molar-refractivity contribution in [2.75, 3.05) is 44.4 Å². The van der Waals surface area contributed by atoms with Crippen LogP contribution in [0.25, 0.3) is 5.65 Å². The van der Waals surface area contributed by atoms with Gasteiger partial charge in [-0.3, -0.25) is 14.2 Å². The number of carbonyl (C=O) groups is 1. The highest BCUT2D eigenvalue weighted by Crippen LogP contribution is 2.39. The molecule has 3 N–H and O–H groups in total. The van der Waals surface area contributed by atoms with Gasteiger partial charge < -0.3 is 20.9 Å². The molecule has 13 heteroatoms. The summed E-state index contributed by atoms with van der Waals surface area (Å²) in [5.41, 5.74) is -3.05. The fourth-order valence-electron chi connectivity index (χ4n) is 3.95. The van der Waals surface area contributed by atoms with Crippen molar-refractivity contribution < 1.29 is 22.4 Å². The molecule has 0 aliphatic carbocycles. The molecule has 0 aromatic carbocycles. The third kappa shape index (κ3) is 6.64. The summed E-state index contributed by atoms with van der Waals surface area (Å²) in [6, 6.07) is 4.37. The maximum absolute atomic E-state index is 14.6. The van der Waals surface area contributed by atoms with Gasteiger partial charge in [-0.1, -0.05) is 5.92 Å². The number of halogens is 4. The van der Waals surface area contributed by atoms with E-state index in [1.54, 1.807) is 18.2 Å². The summed E-state index contributed by atoms with van der Waals surface area (Å²) in [5, 5.41) is 8.42. The number of nitrogens with one attached hydrogen (secondary N) is 3. The maximum atomic E-state index is 14.6. The van der Waals surface area contributed by atoms with Crippen molar-refractivity contribution >= 4 is 34.7 Å². The van der Waals surface area contributed by atoms with E-state index < -0.39 is 17.7 Å². The number of amides is 1. The summed E-state index contributed by atoms with van der Waals surface area (Å²) in [6.07, 6.45) is 3.82. The summed E-state index contributed by atoms with van der Waals surface area (Å²) in [7, 11) is 3.34. The Morgan fingerprint density at radius 1 is 1.32 bits per heavy atom. The van der Waals surface area contributed by atoms with E-state index in [4.69, 9.17) is 0 Å². The molecular weight excluding hydrogens is 510 g/mol. The Morgan fingerprint density at radius 2 is 2.14 bits per heavy atom. The van der Waals surface area contributed by atoms with Crippen LogP contribution < -0.4 is 16.0 Å². The van der Waals surface area contributed by atoms with Crippen LogP contribution in [0.2, 0.25) is 0 Å². The Kier molecular flexibility index (Phi) is 8.09. The Morgan fingerprint density at radius 3 is 2.86 bits per heavy atom. The van der Waals surface area contributed by atoms with Gasteiger partial charge in [0.15, 0.2) is 5.65 Å². The number of anilines is 2. The lowest BCUT2D eigenvalue weighted by Gasteiger charge is -2.33. The average Bonchev–Trinajstić information content (AvgIpc) is 3.20. The Labute approximate surface area is 215 Å². The molecule has 1 saturated heterocycles. The van der Waals surface area contributed by atoms with Crippen molar-refractivity contribution in [3.05, 3.63) is 48.0 Å². The summed E-state index contributed by atoms with van der Waals surface area (Å²) in [5.74, 6) is 5.20. The predicted molar refractivity (Wildman–Crippen MR) is 135 cm³/mol. The molecular formula is C24H25F4N7OS. The molecule has 1 amide bonds. The van der Waals surface area contributed by atoms with Gasteiger partial charge in [0.05, 0.1) is 35.7 Å². The number of rotatable bonds is 6. The molecule has 0 bridgehead atoms. The van der Waals surface area contributed by atoms with Crippen LogP contribution >= 0.6 is 11.8 Å². The third-order valence-electron chi connectivity index (χ3n) is 5.72. The van der Waals surface area contributed by atoms with Crippen LogP contribution in [0.1, 0.15) is 22.5 Å². The molecule has 1 aliphatic heterocycles. The summed E-state index contributed by atoms with van der Waals surface area (Å²) in [4.78, 5) is 22.0. The summed E-state index contributed by atoms with van der Waals surface area (Å²) < 4.78 is 56.0. The van der Waals surface area contributed by atoms with Crippen LogP contribution in [0.4, 0.5) is 28.9 Å². The number of hydrogen-bond acceptors (Lipinski definition) is 7. The molecule has 196 valence electrons. The first-order valence-electron chi connectivity index (χ1n) is 11.4. The number of thioether (sulfide) groups is 1. The molecule has 4 rings (SSSR count). The SMILES string of the molecule is CNC(=O)c1cncc(NCC#Cc2nc3c(N[C@@H]4CCN(C)C[C@@H]4F)cccn3c2SC(F)(F)F)c1. The fourth-order valence-corrected chi connectivity index (χ4v) is 4.60. The molecule has 2 atom stereocenters. The zero-order chi connectivity index (χ0) is 26.6. The van der Waals surface area contributed by atoms with Crippen LogP contribution in [0.5, 0.6) is 0 Å². The quantitative estimate of drug-likeness (QED) is 0.253. The van der Waals surface area contributed by atoms with E-state index in [2.05, 4.69) is 37.8 Å². The van der Waals surface area contributed by atoms with Crippen molar-refractivity contribution in [2.24, 2.45) is 0 Å². The van der Waals surface area contributed by atoms with E-state index in [0.717, 1.165) is 0 Å². The zero-order valence-electron chi connectivity index (χ0n) is 20.1. The number of likely N-dealkylation sites (tertiary alicyclic amines) is 1. The van der Waals surface area contributed by atoms with E-state index >= 15 is 0 Å². The van der Waals surface area contributed by atoms with Gasteiger partial charge in [-0.2, -0.15) is 13.2 Å². The molecule has 3 aromatic heterocycles. The minimum Gasteiger partial charge on any atom is -0.376 e. The third-order valence-corrected chi connectivity index (χ3v) is 6.53. The van der Waals surface area contributed by atoms with E-state index in [-0.39, 0.29) is 47.1 Å². The minimum absolute atomic E-state index is 0.0456. The van der Waals surface area contributed by atoms with E-state index in [1.807, 2.05) is 11.9 Å². The van der Waals surface area contributed by atoms with Crippen LogP contribution in [0.3, 0.4) is 0 Å². The van der Waals surface area contributed by atoms with Gasteiger partial charge in [0.1, 0.15) is 16.9 Å². The lowest BCUT2D eigenvalue weighted by atomic mass is 10.0. The number of fused-ring (bicyclic) bond motifs is 1. The van der Waals surface area contributed by atoms with Crippen LogP contribution in [-0.4, -0.2) is 76.6 Å². The second-order valence-corrected chi connectivity index (χ2v) is 9.50. The standard InChI is InChI=1S/C24H25F4N7OS/c1-29-22(36)15-11-16(13-30-12-15)31-8-3-5-20-23(37-24(26,27)28)35-9-4-6-19(21(35)33-20)32-18-7-10-34(2)14-17(18)25/h4,6,9,11-13,17-18,31-32H,7-8,10,14H2,1-2H3,(H,29,36)/t17-,18+/m0/s1. The van der Waals surface area contributed by atoms with Crippen LogP contribution in [0.15, 0.2) is 41.8 Å². The summed E-state index contributed by atoms with van der Waals surface area (Å²) >= 11 is -0.304. The molecule has 1 aliphatic rings. The largest absolute Gasteiger partial charge is 0.447 e. The minimum atomic E-state index is -4.56. The first-order valence-corrected chi connectivity index (χ1v) is 12.2. The van der Waals surface area contributed by atoms with Gasteiger partial charge in [-0.05, 0) is 37.6 Å². The van der Waals surface area contributed by atoms with Crippen molar-refractivity contribution in [3.8, 4) is 11.8 Å². The van der Waals surface area contributed by atoms with E-state index in [9.17, 15) is 22.4 Å². The molecule has 8 nitrogen and oxygen atoms in total. The molecule has 0 saturated carbocycles. The van der Waals surface area contributed by atoms with Gasteiger partial charge in [0.2, 0.25) is 0 Å². The molecule has 0 radical (unpaired) electrons. The number of alkyl halides is 4. The fraction of sp³-hybridized carbons (Fsp3) is 0.375. The number of hydrogen-bond donors (Lipinski definition) is 3. The highest BCUT2D eigenvalue weighted by atomic mass is 32.2. The van der Waals surface area contributed by atoms with E-state index in [0.29, 0.717) is 29.9 Å². The number of piperidine rings is 1. The van der Waals surface area contributed by atoms with Crippen molar-refractivity contribution in [3.63, 3.8) is 0 Å². The van der Waals surface area contributed by atoms with Crippen molar-refractivity contribution in [1.29, 1.82) is 0 Å². The van der Waals surface area contributed by atoms with Crippen LogP contribution in [-0.2, 0) is 0 Å². The highest BCUT2D eigenvalue weighted by molar-refractivity contribution is 8.00. The maximum Gasteiger partial charge on any atom is 0.447 e. The lowest BCUT2D eigenvalue weighted by molar-refractivity contribution is -0.0330. The molecule has 3 aromatic rings. The Hall–Kier alpha value is -3.50. The van der Waals surface area contributed by atoms with Gasteiger partial charge in [-0.25, -0.2) is 9.37 Å². The second kappa shape index (κ2) is 11.3. The molecule has 37 heavy (non-hydrogen) atoms. The highest BCUT2D eigenvalue weighted by Gasteiger charge is 2.33. The number of imidazole rings is 1. The molecule has 0 spiro atoms. The zero-order valence-corrected chi connectivity index (χ0v) is 20.9. The van der Waals surface area contributed by atoms with Gasteiger partial charge >= 0.3 is 5.51 Å². The normalized spacial score (nSPS) is 18.2. The topological polar surface area (TPSA) is 86.6 Å². The first kappa shape index (κ1) is 26.6. The Bertz CT molecular complexity index is 1330. The number of carbonyl (C=O) groups excluding carboxylic acids is 1. The van der Waals surface area contributed by atoms with Gasteiger partial charge in [0.25, 0.3) is 5.91 Å². The van der Waals surface area contributed by atoms with Crippen molar-refractivity contribution in [2.45, 2.75) is 29.2 Å². The van der Waals surface area contributed by atoms with Crippen molar-refractivity contribution in [1.82, 2.24) is 24.6 Å². The predicted octanol–water partition coefficient (Wildman–Crippen LogP) is 3.62. The Balaban J connectivity index is 1.59. The number of nitrogens with zero attached hydrogens (tertiary/aromatic N) is 4. The van der Waals surface area contributed by atoms with Gasteiger partial charge in [0, 0.05) is 44.3 Å². The average molecular weight is 536 g/mol. The number of aromatic nitrogens is 3. The lowest BCUT2D eigenvalue weighted by Crippen LogP contribution is -2.46. The van der Waals surface area contributed by atoms with Crippen LogP contribution in [0, 0.1) is 11.8 Å². The molecule has 1 fully saturated rings. The second-order valence-electron chi connectivity index (χ2n) is 8.44. The van der Waals surface area contributed by atoms with Gasteiger partial charge in [-0.15, -0.1) is 0 Å². The monoisotopic (exact) mass is 535 g/mol. The first-order chi connectivity index (χ1) is 17.6. The summed E-state index contributed by atoms with van der Waals surface area (Å²) in [6.45, 7) is 1.05. The number of pyridine rings is 2. The molecule has 0 unspecified atom stereocenters.